The largest absolute Gasteiger partial charge is 0.354 e. The van der Waals surface area contributed by atoms with Crippen molar-refractivity contribution < 1.29 is 4.92 Å². The van der Waals surface area contributed by atoms with E-state index in [1.165, 1.54) is 6.07 Å². The van der Waals surface area contributed by atoms with Crippen LogP contribution in [0.25, 0.3) is 10.9 Å². The van der Waals surface area contributed by atoms with Crippen molar-refractivity contribution in [3.8, 4) is 0 Å². The summed E-state index contributed by atoms with van der Waals surface area (Å²) in [6, 6.07) is 4.97. The average molecular weight is 241 g/mol. The lowest BCUT2D eigenvalue weighted by atomic mass is 10.2. The van der Waals surface area contributed by atoms with Crippen molar-refractivity contribution in [3.05, 3.63) is 39.0 Å². The second kappa shape index (κ2) is 2.85. The summed E-state index contributed by atoms with van der Waals surface area (Å²) in [5.74, 6) is 0. The van der Waals surface area contributed by atoms with Gasteiger partial charge in [-0.25, -0.2) is 0 Å². The van der Waals surface area contributed by atoms with Crippen LogP contribution in [0.1, 0.15) is 0 Å². The Morgan fingerprint density at radius 2 is 2.23 bits per heavy atom. The van der Waals surface area contributed by atoms with Crippen LogP contribution in [0.4, 0.5) is 5.69 Å². The monoisotopic (exact) mass is 240 g/mol. The molecule has 0 spiro atoms. The molecule has 13 heavy (non-hydrogen) atoms. The van der Waals surface area contributed by atoms with Crippen LogP contribution in [0, 0.1) is 10.1 Å². The van der Waals surface area contributed by atoms with Crippen molar-refractivity contribution in [2.75, 3.05) is 0 Å². The second-order valence-corrected chi connectivity index (χ2v) is 3.45. The Bertz CT molecular complexity index is 478. The van der Waals surface area contributed by atoms with Gasteiger partial charge in [0.05, 0.1) is 4.92 Å². The predicted octanol–water partition coefficient (Wildman–Crippen LogP) is 2.84. The minimum Gasteiger partial charge on any atom is -0.354 e. The van der Waals surface area contributed by atoms with Crippen LogP contribution >= 0.6 is 15.9 Å². The van der Waals surface area contributed by atoms with Crippen molar-refractivity contribution in [1.82, 2.24) is 4.98 Å². The molecule has 66 valence electrons. The van der Waals surface area contributed by atoms with Gasteiger partial charge in [0.15, 0.2) is 0 Å². The van der Waals surface area contributed by atoms with Crippen molar-refractivity contribution in [2.45, 2.75) is 0 Å². The highest BCUT2D eigenvalue weighted by atomic mass is 79.9. The van der Waals surface area contributed by atoms with Gasteiger partial charge in [0.25, 0.3) is 5.69 Å². The second-order valence-electron chi connectivity index (χ2n) is 2.59. The summed E-state index contributed by atoms with van der Waals surface area (Å²) in [5, 5.41) is 11.4. The number of nitro groups is 1. The van der Waals surface area contributed by atoms with Crippen LogP contribution in [0.5, 0.6) is 0 Å². The first kappa shape index (κ1) is 8.25. The zero-order valence-corrected chi connectivity index (χ0v) is 8.04. The van der Waals surface area contributed by atoms with Gasteiger partial charge in [0, 0.05) is 22.1 Å². The number of nitro benzene ring substituents is 1. The lowest BCUT2D eigenvalue weighted by molar-refractivity contribution is -0.383. The van der Waals surface area contributed by atoms with E-state index in [1.807, 2.05) is 6.07 Å². The lowest BCUT2D eigenvalue weighted by Gasteiger charge is -1.92. The fourth-order valence-corrected chi connectivity index (χ4v) is 1.70. The molecule has 0 saturated carbocycles. The summed E-state index contributed by atoms with van der Waals surface area (Å²) < 4.78 is 0.839. The maximum atomic E-state index is 10.6. The quantitative estimate of drug-likeness (QED) is 0.616. The van der Waals surface area contributed by atoms with Crippen molar-refractivity contribution in [3.63, 3.8) is 0 Å². The molecular formula is C8H5BrN2O2. The molecule has 2 aromatic rings. The van der Waals surface area contributed by atoms with Crippen LogP contribution in [0.15, 0.2) is 28.9 Å². The molecule has 0 aliphatic heterocycles. The first-order valence-corrected chi connectivity index (χ1v) is 4.39. The number of para-hydroxylation sites is 1. The number of fused-ring (bicyclic) bond motifs is 1. The van der Waals surface area contributed by atoms with Gasteiger partial charge < -0.3 is 4.98 Å². The van der Waals surface area contributed by atoms with Crippen molar-refractivity contribution in [2.24, 2.45) is 0 Å². The molecule has 0 radical (unpaired) electrons. The van der Waals surface area contributed by atoms with E-state index in [4.69, 9.17) is 0 Å². The maximum absolute atomic E-state index is 10.6. The normalized spacial score (nSPS) is 10.5. The molecule has 1 N–H and O–H groups in total. The van der Waals surface area contributed by atoms with Gasteiger partial charge in [-0.15, -0.1) is 0 Å². The van der Waals surface area contributed by atoms with Crippen LogP contribution in [-0.2, 0) is 0 Å². The van der Waals surface area contributed by atoms with Gasteiger partial charge in [-0.05, 0) is 15.9 Å². The Labute approximate surface area is 81.8 Å². The predicted molar refractivity (Wildman–Crippen MR) is 52.7 cm³/mol. The number of rotatable bonds is 1. The number of aromatic nitrogens is 1. The van der Waals surface area contributed by atoms with Gasteiger partial charge in [-0.2, -0.15) is 0 Å². The summed E-state index contributed by atoms with van der Waals surface area (Å²) in [6.07, 6.45) is 1.69. The molecule has 0 atom stereocenters. The molecule has 5 heteroatoms. The molecule has 4 nitrogen and oxygen atoms in total. The SMILES string of the molecule is O=[N+]([O-])c1cccc2c(Br)c[nH]c12. The minimum absolute atomic E-state index is 0.100. The molecule has 0 aliphatic carbocycles. The van der Waals surface area contributed by atoms with Gasteiger partial charge >= 0.3 is 0 Å². The Morgan fingerprint density at radius 3 is 2.92 bits per heavy atom. The number of halogens is 1. The van der Waals surface area contributed by atoms with Gasteiger partial charge in [-0.3, -0.25) is 10.1 Å². The number of hydrogen-bond donors (Lipinski definition) is 1. The van der Waals surface area contributed by atoms with E-state index >= 15 is 0 Å². The van der Waals surface area contributed by atoms with Crippen LogP contribution in [0.2, 0.25) is 0 Å². The summed E-state index contributed by atoms with van der Waals surface area (Å²) >= 11 is 3.30. The fraction of sp³-hybridized carbons (Fsp3) is 0. The molecule has 0 fully saturated rings. The summed E-state index contributed by atoms with van der Waals surface area (Å²) in [5.41, 5.74) is 0.655. The number of non-ortho nitro benzene ring substituents is 1. The highest BCUT2D eigenvalue weighted by Gasteiger charge is 2.13. The van der Waals surface area contributed by atoms with E-state index in [-0.39, 0.29) is 5.69 Å². The van der Waals surface area contributed by atoms with E-state index in [0.29, 0.717) is 5.52 Å². The lowest BCUT2D eigenvalue weighted by Crippen LogP contribution is -1.88. The fourth-order valence-electron chi connectivity index (χ4n) is 1.26. The van der Waals surface area contributed by atoms with Crippen LogP contribution < -0.4 is 0 Å². The van der Waals surface area contributed by atoms with E-state index in [2.05, 4.69) is 20.9 Å². The third-order valence-electron chi connectivity index (χ3n) is 1.84. The number of nitrogens with one attached hydrogen (secondary N) is 1. The topological polar surface area (TPSA) is 58.9 Å². The maximum Gasteiger partial charge on any atom is 0.293 e. The van der Waals surface area contributed by atoms with E-state index < -0.39 is 4.92 Å². The summed E-state index contributed by atoms with van der Waals surface area (Å²) in [6.45, 7) is 0. The smallest absolute Gasteiger partial charge is 0.293 e. The molecule has 0 amide bonds. The molecule has 0 bridgehead atoms. The van der Waals surface area contributed by atoms with E-state index in [0.717, 1.165) is 9.86 Å². The number of H-pyrrole nitrogens is 1. The molecule has 1 aromatic heterocycles. The third kappa shape index (κ3) is 1.21. The minimum atomic E-state index is -0.398. The molecule has 0 aliphatic rings. The van der Waals surface area contributed by atoms with Crippen molar-refractivity contribution >= 4 is 32.5 Å². The third-order valence-corrected chi connectivity index (χ3v) is 2.50. The Balaban J connectivity index is 2.84. The van der Waals surface area contributed by atoms with Crippen LogP contribution in [-0.4, -0.2) is 9.91 Å². The molecule has 1 heterocycles. The molecule has 0 saturated heterocycles. The Morgan fingerprint density at radius 1 is 1.46 bits per heavy atom. The summed E-state index contributed by atoms with van der Waals surface area (Å²) in [7, 11) is 0. The summed E-state index contributed by atoms with van der Waals surface area (Å²) in [4.78, 5) is 13.0. The number of nitrogens with zero attached hydrogens (tertiary/aromatic N) is 1. The van der Waals surface area contributed by atoms with Gasteiger partial charge in [0.1, 0.15) is 5.52 Å². The number of hydrogen-bond acceptors (Lipinski definition) is 2. The Kier molecular flexibility index (Phi) is 1.81. The first-order valence-electron chi connectivity index (χ1n) is 3.60. The van der Waals surface area contributed by atoms with E-state index in [9.17, 15) is 10.1 Å². The standard InChI is InChI=1S/C8H5BrN2O2/c9-6-4-10-8-5(6)2-1-3-7(8)11(12)13/h1-4,10H. The number of benzene rings is 1. The van der Waals surface area contributed by atoms with E-state index in [1.54, 1.807) is 12.3 Å². The first-order chi connectivity index (χ1) is 6.20. The van der Waals surface area contributed by atoms with Gasteiger partial charge in [0.2, 0.25) is 0 Å². The highest BCUT2D eigenvalue weighted by molar-refractivity contribution is 9.10. The molecule has 1 aromatic carbocycles. The molecule has 0 unspecified atom stereocenters. The highest BCUT2D eigenvalue weighted by Crippen LogP contribution is 2.29. The Hall–Kier alpha value is -1.36. The zero-order chi connectivity index (χ0) is 9.42. The van der Waals surface area contributed by atoms with Crippen LogP contribution in [0.3, 0.4) is 0 Å². The number of aromatic amines is 1. The van der Waals surface area contributed by atoms with Crippen molar-refractivity contribution in [1.29, 1.82) is 0 Å². The molecular weight excluding hydrogens is 236 g/mol. The zero-order valence-electron chi connectivity index (χ0n) is 6.45. The van der Waals surface area contributed by atoms with Gasteiger partial charge in [-0.1, -0.05) is 12.1 Å². The average Bonchev–Trinajstić information content (AvgIpc) is 2.48. The molecule has 2 rings (SSSR count).